The minimum atomic E-state index is -0.295. The maximum absolute atomic E-state index is 10.6. The lowest BCUT2D eigenvalue weighted by atomic mass is 9.81. The van der Waals surface area contributed by atoms with Gasteiger partial charge in [0.05, 0.1) is 6.10 Å². The first kappa shape index (κ1) is 11.7. The molecule has 0 amide bonds. The third-order valence-electron chi connectivity index (χ3n) is 4.24. The van der Waals surface area contributed by atoms with Crippen molar-refractivity contribution in [2.45, 2.75) is 38.2 Å². The van der Waals surface area contributed by atoms with E-state index in [-0.39, 0.29) is 6.10 Å². The predicted molar refractivity (Wildman–Crippen MR) is 75.5 cm³/mol. The third kappa shape index (κ3) is 2.15. The molecular weight excluding hydrogens is 220 g/mol. The third-order valence-corrected chi connectivity index (χ3v) is 4.24. The lowest BCUT2D eigenvalue weighted by molar-refractivity contribution is 0.0861. The quantitative estimate of drug-likeness (QED) is 0.822. The van der Waals surface area contributed by atoms with Gasteiger partial charge in [0.2, 0.25) is 0 Å². The summed E-state index contributed by atoms with van der Waals surface area (Å²) >= 11 is 0. The van der Waals surface area contributed by atoms with Gasteiger partial charge in [-0.25, -0.2) is 0 Å². The van der Waals surface area contributed by atoms with Crippen molar-refractivity contribution in [2.75, 3.05) is 0 Å². The maximum Gasteiger partial charge on any atom is 0.0824 e. The van der Waals surface area contributed by atoms with Gasteiger partial charge in [0.15, 0.2) is 0 Å². The summed E-state index contributed by atoms with van der Waals surface area (Å²) in [5, 5.41) is 13.1. The van der Waals surface area contributed by atoms with E-state index >= 15 is 0 Å². The fourth-order valence-corrected chi connectivity index (χ4v) is 3.21. The van der Waals surface area contributed by atoms with Gasteiger partial charge >= 0.3 is 0 Å². The maximum atomic E-state index is 10.6. The van der Waals surface area contributed by atoms with Gasteiger partial charge in [-0.3, -0.25) is 0 Å². The highest BCUT2D eigenvalue weighted by atomic mass is 16.3. The van der Waals surface area contributed by atoms with Crippen LogP contribution in [-0.2, 0) is 0 Å². The van der Waals surface area contributed by atoms with Crippen LogP contribution < -0.4 is 0 Å². The van der Waals surface area contributed by atoms with E-state index in [1.54, 1.807) is 0 Å². The van der Waals surface area contributed by atoms with Crippen molar-refractivity contribution in [1.82, 2.24) is 0 Å². The van der Waals surface area contributed by atoms with E-state index in [9.17, 15) is 5.11 Å². The van der Waals surface area contributed by atoms with Gasteiger partial charge in [-0.1, -0.05) is 61.7 Å². The van der Waals surface area contributed by atoms with Crippen LogP contribution >= 0.6 is 0 Å². The summed E-state index contributed by atoms with van der Waals surface area (Å²) in [4.78, 5) is 0. The molecule has 1 N–H and O–H groups in total. The Morgan fingerprint density at radius 3 is 2.44 bits per heavy atom. The second-order valence-electron chi connectivity index (χ2n) is 5.41. The van der Waals surface area contributed by atoms with Gasteiger partial charge in [-0.05, 0) is 35.1 Å². The number of aliphatic hydroxyl groups excluding tert-OH is 1. The van der Waals surface area contributed by atoms with E-state index in [0.29, 0.717) is 5.92 Å². The van der Waals surface area contributed by atoms with Gasteiger partial charge < -0.3 is 5.11 Å². The summed E-state index contributed by atoms with van der Waals surface area (Å²) in [6.07, 6.45) is 5.92. The van der Waals surface area contributed by atoms with Gasteiger partial charge in [-0.2, -0.15) is 0 Å². The van der Waals surface area contributed by atoms with E-state index in [1.807, 2.05) is 0 Å². The highest BCUT2D eigenvalue weighted by Gasteiger charge is 2.24. The molecule has 0 aliphatic heterocycles. The van der Waals surface area contributed by atoms with Gasteiger partial charge in [-0.15, -0.1) is 0 Å². The molecule has 0 unspecified atom stereocenters. The predicted octanol–water partition coefficient (Wildman–Crippen LogP) is 4.45. The van der Waals surface area contributed by atoms with Gasteiger partial charge in [0, 0.05) is 0 Å². The van der Waals surface area contributed by atoms with Crippen LogP contribution in [0.2, 0.25) is 0 Å². The van der Waals surface area contributed by atoms with Crippen LogP contribution in [0.25, 0.3) is 10.8 Å². The zero-order chi connectivity index (χ0) is 12.4. The molecule has 0 bridgehead atoms. The molecule has 3 rings (SSSR count). The number of hydrogen-bond donors (Lipinski definition) is 1. The van der Waals surface area contributed by atoms with E-state index in [2.05, 4.69) is 42.5 Å². The van der Waals surface area contributed by atoms with Crippen molar-refractivity contribution in [1.29, 1.82) is 0 Å². The van der Waals surface area contributed by atoms with Crippen molar-refractivity contribution in [3.05, 3.63) is 48.0 Å². The Hall–Kier alpha value is -1.34. The Morgan fingerprint density at radius 2 is 1.61 bits per heavy atom. The standard InChI is InChI=1S/C17H20O/c18-17(14-8-2-1-3-9-14)16-12-6-10-13-7-4-5-11-15(13)16/h4-7,10-12,14,17-18H,1-3,8-9H2/t17-/m1/s1. The summed E-state index contributed by atoms with van der Waals surface area (Å²) in [6, 6.07) is 14.6. The van der Waals surface area contributed by atoms with Crippen molar-refractivity contribution < 1.29 is 5.11 Å². The molecule has 0 aromatic heterocycles. The second-order valence-corrected chi connectivity index (χ2v) is 5.41. The Balaban J connectivity index is 1.97. The normalized spacial score (nSPS) is 18.9. The molecule has 1 aliphatic rings. The highest BCUT2D eigenvalue weighted by Crippen LogP contribution is 2.36. The molecule has 1 nitrogen and oxygen atoms in total. The monoisotopic (exact) mass is 240 g/mol. The van der Waals surface area contributed by atoms with Gasteiger partial charge in [0.25, 0.3) is 0 Å². The SMILES string of the molecule is O[C@@H](c1cccc2ccccc12)C1CCCCC1. The second kappa shape index (κ2) is 5.11. The molecule has 0 radical (unpaired) electrons. The zero-order valence-corrected chi connectivity index (χ0v) is 10.7. The largest absolute Gasteiger partial charge is 0.388 e. The molecule has 0 spiro atoms. The fraction of sp³-hybridized carbons (Fsp3) is 0.412. The number of hydrogen-bond acceptors (Lipinski definition) is 1. The molecule has 1 saturated carbocycles. The molecular formula is C17H20O. The van der Waals surface area contributed by atoms with Crippen LogP contribution in [0.1, 0.15) is 43.8 Å². The van der Waals surface area contributed by atoms with Crippen molar-refractivity contribution in [3.63, 3.8) is 0 Å². The Morgan fingerprint density at radius 1 is 0.889 bits per heavy atom. The average Bonchev–Trinajstić information content (AvgIpc) is 2.47. The number of rotatable bonds is 2. The minimum Gasteiger partial charge on any atom is -0.388 e. The lowest BCUT2D eigenvalue weighted by Crippen LogP contribution is -2.16. The molecule has 1 aliphatic carbocycles. The van der Waals surface area contributed by atoms with Crippen LogP contribution in [0.4, 0.5) is 0 Å². The average molecular weight is 240 g/mol. The van der Waals surface area contributed by atoms with E-state index in [0.717, 1.165) is 5.56 Å². The molecule has 1 fully saturated rings. The molecule has 1 heteroatoms. The highest BCUT2D eigenvalue weighted by molar-refractivity contribution is 5.85. The summed E-state index contributed by atoms with van der Waals surface area (Å²) < 4.78 is 0. The van der Waals surface area contributed by atoms with Crippen molar-refractivity contribution >= 4 is 10.8 Å². The summed E-state index contributed by atoms with van der Waals surface area (Å²) in [5.74, 6) is 0.449. The van der Waals surface area contributed by atoms with Gasteiger partial charge in [0.1, 0.15) is 0 Å². The van der Waals surface area contributed by atoms with E-state index in [1.165, 1.54) is 42.9 Å². The van der Waals surface area contributed by atoms with Crippen molar-refractivity contribution in [2.24, 2.45) is 5.92 Å². The molecule has 2 aromatic carbocycles. The Labute approximate surface area is 108 Å². The minimum absolute atomic E-state index is 0.295. The molecule has 94 valence electrons. The first-order valence-corrected chi connectivity index (χ1v) is 7.02. The topological polar surface area (TPSA) is 20.2 Å². The lowest BCUT2D eigenvalue weighted by Gasteiger charge is -2.27. The summed E-state index contributed by atoms with van der Waals surface area (Å²) in [5.41, 5.74) is 1.11. The van der Waals surface area contributed by atoms with Crippen LogP contribution in [-0.4, -0.2) is 5.11 Å². The Kier molecular flexibility index (Phi) is 3.33. The van der Waals surface area contributed by atoms with Crippen LogP contribution in [0.3, 0.4) is 0 Å². The van der Waals surface area contributed by atoms with E-state index in [4.69, 9.17) is 0 Å². The van der Waals surface area contributed by atoms with Crippen LogP contribution in [0.15, 0.2) is 42.5 Å². The molecule has 0 heterocycles. The number of fused-ring (bicyclic) bond motifs is 1. The summed E-state index contributed by atoms with van der Waals surface area (Å²) in [7, 11) is 0. The summed E-state index contributed by atoms with van der Waals surface area (Å²) in [6.45, 7) is 0. The van der Waals surface area contributed by atoms with Crippen LogP contribution in [0.5, 0.6) is 0 Å². The first-order chi connectivity index (χ1) is 8.86. The molecule has 2 aromatic rings. The number of benzene rings is 2. The molecule has 0 saturated heterocycles. The van der Waals surface area contributed by atoms with Crippen molar-refractivity contribution in [3.8, 4) is 0 Å². The fourth-order valence-electron chi connectivity index (χ4n) is 3.21. The van der Waals surface area contributed by atoms with E-state index < -0.39 is 0 Å². The Bertz CT molecular complexity index is 521. The molecule has 18 heavy (non-hydrogen) atoms. The first-order valence-electron chi connectivity index (χ1n) is 7.02. The molecule has 1 atom stereocenters. The van der Waals surface area contributed by atoms with Crippen LogP contribution in [0, 0.1) is 5.92 Å². The zero-order valence-electron chi connectivity index (χ0n) is 10.7. The number of aliphatic hydroxyl groups is 1. The smallest absolute Gasteiger partial charge is 0.0824 e.